The molecule has 0 aliphatic heterocycles. The highest BCUT2D eigenvalue weighted by molar-refractivity contribution is 5.88. The highest BCUT2D eigenvalue weighted by Crippen LogP contribution is 2.24. The SMILES string of the molecule is Cc1cc(C)c(C)c(OCC(=O)N(Cc2ccccc2)[C@@H](Cc2ccccc2)C(=O)NCC(C)C)c1. The van der Waals surface area contributed by atoms with E-state index >= 15 is 0 Å². The van der Waals surface area contributed by atoms with Gasteiger partial charge in [-0.2, -0.15) is 0 Å². The molecule has 0 radical (unpaired) electrons. The summed E-state index contributed by atoms with van der Waals surface area (Å²) in [7, 11) is 0. The first-order valence-corrected chi connectivity index (χ1v) is 12.6. The fourth-order valence-corrected chi connectivity index (χ4v) is 4.13. The fraction of sp³-hybridized carbons (Fsp3) is 0.355. The number of ether oxygens (including phenoxy) is 1. The molecule has 1 atom stereocenters. The van der Waals surface area contributed by atoms with Crippen molar-refractivity contribution >= 4 is 11.8 Å². The van der Waals surface area contributed by atoms with Crippen molar-refractivity contribution in [2.24, 2.45) is 5.92 Å². The number of nitrogens with zero attached hydrogens (tertiary/aromatic N) is 1. The van der Waals surface area contributed by atoms with E-state index in [1.54, 1.807) is 4.90 Å². The van der Waals surface area contributed by atoms with Gasteiger partial charge in [0.2, 0.25) is 5.91 Å². The van der Waals surface area contributed by atoms with E-state index < -0.39 is 6.04 Å². The van der Waals surface area contributed by atoms with E-state index in [9.17, 15) is 9.59 Å². The quantitative estimate of drug-likeness (QED) is 0.395. The molecule has 3 aromatic carbocycles. The van der Waals surface area contributed by atoms with Crippen molar-refractivity contribution in [1.82, 2.24) is 10.2 Å². The van der Waals surface area contributed by atoms with Crippen LogP contribution in [-0.4, -0.2) is 35.9 Å². The molecule has 0 aliphatic rings. The number of aryl methyl sites for hydroxylation is 2. The molecule has 1 N–H and O–H groups in total. The molecule has 0 bridgehead atoms. The summed E-state index contributed by atoms with van der Waals surface area (Å²) in [6.07, 6.45) is 0.423. The summed E-state index contributed by atoms with van der Waals surface area (Å²) in [5.41, 5.74) is 5.17. The molecule has 0 spiro atoms. The van der Waals surface area contributed by atoms with E-state index in [0.717, 1.165) is 27.8 Å². The first kappa shape index (κ1) is 27.0. The van der Waals surface area contributed by atoms with Crippen LogP contribution in [0.25, 0.3) is 0 Å². The topological polar surface area (TPSA) is 58.6 Å². The molecule has 3 aromatic rings. The van der Waals surface area contributed by atoms with Crippen LogP contribution < -0.4 is 10.1 Å². The molecule has 36 heavy (non-hydrogen) atoms. The monoisotopic (exact) mass is 486 g/mol. The predicted molar refractivity (Wildman–Crippen MR) is 145 cm³/mol. The van der Waals surface area contributed by atoms with Crippen LogP contribution in [0.3, 0.4) is 0 Å². The normalized spacial score (nSPS) is 11.7. The van der Waals surface area contributed by atoms with Crippen molar-refractivity contribution in [3.8, 4) is 5.75 Å². The molecular weight excluding hydrogens is 448 g/mol. The number of hydrogen-bond acceptors (Lipinski definition) is 3. The van der Waals surface area contributed by atoms with Crippen LogP contribution in [0.15, 0.2) is 72.8 Å². The Balaban J connectivity index is 1.91. The van der Waals surface area contributed by atoms with E-state index in [-0.39, 0.29) is 18.4 Å². The fourth-order valence-electron chi connectivity index (χ4n) is 4.13. The minimum atomic E-state index is -0.664. The van der Waals surface area contributed by atoms with Gasteiger partial charge in [0.1, 0.15) is 11.8 Å². The standard InChI is InChI=1S/C31H38N2O3/c1-22(2)19-32-31(35)28(18-26-12-8-6-9-13-26)33(20-27-14-10-7-11-15-27)30(34)21-36-29-17-23(3)16-24(4)25(29)5/h6-17,22,28H,18-21H2,1-5H3,(H,32,35)/t28-/m0/s1. The molecule has 0 saturated heterocycles. The lowest BCUT2D eigenvalue weighted by atomic mass is 10.0. The summed E-state index contributed by atoms with van der Waals surface area (Å²) in [6.45, 7) is 10.9. The second-order valence-electron chi connectivity index (χ2n) is 9.85. The predicted octanol–water partition coefficient (Wildman–Crippen LogP) is 5.40. The van der Waals surface area contributed by atoms with E-state index in [1.807, 2.05) is 87.5 Å². The Hall–Kier alpha value is -3.60. The van der Waals surface area contributed by atoms with Crippen LogP contribution in [-0.2, 0) is 22.6 Å². The van der Waals surface area contributed by atoms with Crippen molar-refractivity contribution in [3.05, 3.63) is 101 Å². The van der Waals surface area contributed by atoms with Crippen molar-refractivity contribution in [1.29, 1.82) is 0 Å². The Kier molecular flexibility index (Phi) is 9.69. The Morgan fingerprint density at radius 2 is 1.50 bits per heavy atom. The summed E-state index contributed by atoms with van der Waals surface area (Å²) in [4.78, 5) is 28.8. The van der Waals surface area contributed by atoms with Crippen LogP contribution in [0.1, 0.15) is 41.7 Å². The average molecular weight is 487 g/mol. The zero-order valence-corrected chi connectivity index (χ0v) is 22.1. The Labute approximate surface area is 215 Å². The smallest absolute Gasteiger partial charge is 0.261 e. The second-order valence-corrected chi connectivity index (χ2v) is 9.85. The van der Waals surface area contributed by atoms with E-state index in [1.165, 1.54) is 0 Å². The highest BCUT2D eigenvalue weighted by Gasteiger charge is 2.30. The van der Waals surface area contributed by atoms with Crippen molar-refractivity contribution < 1.29 is 14.3 Å². The number of carbonyl (C=O) groups is 2. The average Bonchev–Trinajstić information content (AvgIpc) is 2.87. The molecule has 0 aliphatic carbocycles. The third-order valence-electron chi connectivity index (χ3n) is 6.27. The highest BCUT2D eigenvalue weighted by atomic mass is 16.5. The summed E-state index contributed by atoms with van der Waals surface area (Å²) in [6, 6.07) is 23.0. The summed E-state index contributed by atoms with van der Waals surface area (Å²) >= 11 is 0. The second kappa shape index (κ2) is 12.9. The van der Waals surface area contributed by atoms with Crippen LogP contribution in [0, 0.1) is 26.7 Å². The number of benzene rings is 3. The van der Waals surface area contributed by atoms with Crippen LogP contribution >= 0.6 is 0 Å². The zero-order valence-electron chi connectivity index (χ0n) is 22.1. The van der Waals surface area contributed by atoms with Gasteiger partial charge in [0.05, 0.1) is 0 Å². The number of rotatable bonds is 11. The molecule has 0 unspecified atom stereocenters. The largest absolute Gasteiger partial charge is 0.483 e. The van der Waals surface area contributed by atoms with Gasteiger partial charge >= 0.3 is 0 Å². The maximum absolute atomic E-state index is 13.7. The van der Waals surface area contributed by atoms with E-state index in [4.69, 9.17) is 4.74 Å². The third kappa shape index (κ3) is 7.70. The summed E-state index contributed by atoms with van der Waals surface area (Å²) in [5.74, 6) is 0.627. The van der Waals surface area contributed by atoms with Crippen molar-refractivity contribution in [3.63, 3.8) is 0 Å². The molecule has 0 saturated carbocycles. The molecule has 2 amide bonds. The number of hydrogen-bond donors (Lipinski definition) is 1. The van der Waals surface area contributed by atoms with Crippen molar-refractivity contribution in [2.45, 2.75) is 53.6 Å². The lowest BCUT2D eigenvalue weighted by Crippen LogP contribution is -2.52. The Morgan fingerprint density at radius 1 is 0.889 bits per heavy atom. The number of nitrogens with one attached hydrogen (secondary N) is 1. The van der Waals surface area contributed by atoms with Gasteiger partial charge in [-0.15, -0.1) is 0 Å². The molecule has 5 nitrogen and oxygen atoms in total. The minimum Gasteiger partial charge on any atom is -0.483 e. The molecule has 0 fully saturated rings. The third-order valence-corrected chi connectivity index (χ3v) is 6.27. The maximum Gasteiger partial charge on any atom is 0.261 e. The van der Waals surface area contributed by atoms with Crippen LogP contribution in [0.5, 0.6) is 5.75 Å². The molecule has 5 heteroatoms. The summed E-state index contributed by atoms with van der Waals surface area (Å²) < 4.78 is 6.03. The van der Waals surface area contributed by atoms with Gasteiger partial charge in [0.25, 0.3) is 5.91 Å². The number of carbonyl (C=O) groups excluding carboxylic acids is 2. The first-order valence-electron chi connectivity index (χ1n) is 12.6. The van der Waals surface area contributed by atoms with Crippen LogP contribution in [0.4, 0.5) is 0 Å². The van der Waals surface area contributed by atoms with Gasteiger partial charge < -0.3 is 15.0 Å². The lowest BCUT2D eigenvalue weighted by Gasteiger charge is -2.32. The molecule has 190 valence electrons. The van der Waals surface area contributed by atoms with Gasteiger partial charge in [-0.05, 0) is 60.6 Å². The number of amides is 2. The van der Waals surface area contributed by atoms with Gasteiger partial charge in [0.15, 0.2) is 6.61 Å². The van der Waals surface area contributed by atoms with E-state index in [0.29, 0.717) is 31.2 Å². The van der Waals surface area contributed by atoms with Crippen molar-refractivity contribution in [2.75, 3.05) is 13.2 Å². The summed E-state index contributed by atoms with van der Waals surface area (Å²) in [5, 5.41) is 3.05. The van der Waals surface area contributed by atoms with Gasteiger partial charge in [-0.1, -0.05) is 80.6 Å². The molecule has 0 aromatic heterocycles. The molecule has 3 rings (SSSR count). The van der Waals surface area contributed by atoms with Gasteiger partial charge in [-0.3, -0.25) is 9.59 Å². The maximum atomic E-state index is 13.7. The lowest BCUT2D eigenvalue weighted by molar-refractivity contribution is -0.142. The Morgan fingerprint density at radius 3 is 2.11 bits per heavy atom. The Bertz CT molecular complexity index is 1140. The molecular formula is C31H38N2O3. The minimum absolute atomic E-state index is 0.140. The zero-order chi connectivity index (χ0) is 26.1. The first-order chi connectivity index (χ1) is 17.2. The molecule has 0 heterocycles. The van der Waals surface area contributed by atoms with E-state index in [2.05, 4.69) is 25.2 Å². The van der Waals surface area contributed by atoms with Gasteiger partial charge in [-0.25, -0.2) is 0 Å². The van der Waals surface area contributed by atoms with Gasteiger partial charge in [0, 0.05) is 19.5 Å². The van der Waals surface area contributed by atoms with Crippen LogP contribution in [0.2, 0.25) is 0 Å².